The molecule has 27 heavy (non-hydrogen) atoms. The highest BCUT2D eigenvalue weighted by atomic mass is 16.6. The van der Waals surface area contributed by atoms with Gasteiger partial charge in [-0.15, -0.1) is 0 Å². The van der Waals surface area contributed by atoms with Crippen LogP contribution >= 0.6 is 0 Å². The molecule has 0 radical (unpaired) electrons. The minimum absolute atomic E-state index is 0.0934. The number of hydrogen-bond acceptors (Lipinski definition) is 7. The fourth-order valence-electron chi connectivity index (χ4n) is 2.26. The molecule has 1 amide bonds. The molecule has 140 valence electrons. The van der Waals surface area contributed by atoms with Gasteiger partial charge < -0.3 is 19.5 Å². The van der Waals surface area contributed by atoms with Crippen LogP contribution in [0.1, 0.15) is 17.3 Å². The predicted octanol–water partition coefficient (Wildman–Crippen LogP) is 3.16. The molecule has 1 N–H and O–H groups in total. The molecule has 0 atom stereocenters. The van der Waals surface area contributed by atoms with Gasteiger partial charge in [0, 0.05) is 11.8 Å². The molecular weight excluding hydrogens is 354 g/mol. The molecule has 0 unspecified atom stereocenters. The molecule has 2 aromatic rings. The first-order valence-electron chi connectivity index (χ1n) is 7.90. The average Bonchev–Trinajstić information content (AvgIpc) is 2.67. The van der Waals surface area contributed by atoms with Gasteiger partial charge in [-0.3, -0.25) is 14.9 Å². The standard InChI is InChI=1S/C18H17N3O6/c1-3-26-17-11-15(21(23)24)14(10-16(17)25-2)18(22)20-12-4-6-13(7-5-12)27-9-8-19/h4-7,10-11H,3,9H2,1-2H3,(H,20,22). The minimum Gasteiger partial charge on any atom is -0.493 e. The highest BCUT2D eigenvalue weighted by molar-refractivity contribution is 6.07. The van der Waals surface area contributed by atoms with Crippen molar-refractivity contribution in [3.8, 4) is 23.3 Å². The number of carbonyl (C=O) groups is 1. The third-order valence-electron chi connectivity index (χ3n) is 3.44. The van der Waals surface area contributed by atoms with E-state index < -0.39 is 16.5 Å². The zero-order chi connectivity index (χ0) is 19.8. The molecule has 0 bridgehead atoms. The van der Waals surface area contributed by atoms with E-state index in [2.05, 4.69) is 5.32 Å². The summed E-state index contributed by atoms with van der Waals surface area (Å²) in [5.74, 6) is 0.187. The van der Waals surface area contributed by atoms with Gasteiger partial charge in [0.15, 0.2) is 18.1 Å². The Morgan fingerprint density at radius 1 is 1.22 bits per heavy atom. The zero-order valence-electron chi connectivity index (χ0n) is 14.7. The Labute approximate surface area is 155 Å². The van der Waals surface area contributed by atoms with Crippen molar-refractivity contribution < 1.29 is 23.9 Å². The maximum atomic E-state index is 12.5. The summed E-state index contributed by atoms with van der Waals surface area (Å²) in [5, 5.41) is 22.4. The van der Waals surface area contributed by atoms with E-state index in [1.807, 2.05) is 6.07 Å². The Kier molecular flexibility index (Phi) is 6.55. The summed E-state index contributed by atoms with van der Waals surface area (Å²) in [6.45, 7) is 1.93. The quantitative estimate of drug-likeness (QED) is 0.558. The third-order valence-corrected chi connectivity index (χ3v) is 3.44. The normalized spacial score (nSPS) is 9.81. The van der Waals surface area contributed by atoms with E-state index in [0.29, 0.717) is 18.0 Å². The summed E-state index contributed by atoms with van der Waals surface area (Å²) >= 11 is 0. The summed E-state index contributed by atoms with van der Waals surface area (Å²) in [6.07, 6.45) is 0. The van der Waals surface area contributed by atoms with E-state index in [-0.39, 0.29) is 23.7 Å². The molecule has 2 rings (SSSR count). The number of ether oxygens (including phenoxy) is 3. The molecule has 0 aliphatic rings. The number of anilines is 1. The number of nitro benzene ring substituents is 1. The lowest BCUT2D eigenvalue weighted by Crippen LogP contribution is -2.14. The second-order valence-corrected chi connectivity index (χ2v) is 5.14. The van der Waals surface area contributed by atoms with Crippen molar-refractivity contribution in [3.05, 3.63) is 52.1 Å². The molecule has 9 heteroatoms. The number of nitro groups is 1. The van der Waals surface area contributed by atoms with Gasteiger partial charge in [0.25, 0.3) is 11.6 Å². The molecule has 9 nitrogen and oxygen atoms in total. The monoisotopic (exact) mass is 371 g/mol. The summed E-state index contributed by atoms with van der Waals surface area (Å²) < 4.78 is 15.6. The lowest BCUT2D eigenvalue weighted by molar-refractivity contribution is -0.385. The number of nitrogens with zero attached hydrogens (tertiary/aromatic N) is 2. The van der Waals surface area contributed by atoms with Crippen molar-refractivity contribution in [1.29, 1.82) is 5.26 Å². The lowest BCUT2D eigenvalue weighted by Gasteiger charge is -2.12. The molecule has 0 fully saturated rings. The van der Waals surface area contributed by atoms with Crippen LogP contribution in [-0.4, -0.2) is 31.2 Å². The summed E-state index contributed by atoms with van der Waals surface area (Å²) in [7, 11) is 1.38. The average molecular weight is 371 g/mol. The first-order valence-corrected chi connectivity index (χ1v) is 7.90. The van der Waals surface area contributed by atoms with Crippen LogP contribution in [0.2, 0.25) is 0 Å². The van der Waals surface area contributed by atoms with E-state index in [0.717, 1.165) is 6.07 Å². The molecule has 2 aromatic carbocycles. The Morgan fingerprint density at radius 2 is 1.93 bits per heavy atom. The van der Waals surface area contributed by atoms with Gasteiger partial charge in [-0.2, -0.15) is 5.26 Å². The fourth-order valence-corrected chi connectivity index (χ4v) is 2.26. The third kappa shape index (κ3) is 4.85. The number of nitriles is 1. The summed E-state index contributed by atoms with van der Waals surface area (Å²) in [4.78, 5) is 23.3. The number of carbonyl (C=O) groups excluding carboxylic acids is 1. The van der Waals surface area contributed by atoms with E-state index >= 15 is 0 Å². The Morgan fingerprint density at radius 3 is 2.48 bits per heavy atom. The smallest absolute Gasteiger partial charge is 0.286 e. The van der Waals surface area contributed by atoms with Crippen molar-refractivity contribution in [2.75, 3.05) is 25.6 Å². The van der Waals surface area contributed by atoms with E-state index in [9.17, 15) is 14.9 Å². The Hall–Kier alpha value is -3.80. The van der Waals surface area contributed by atoms with Crippen molar-refractivity contribution in [2.45, 2.75) is 6.92 Å². The van der Waals surface area contributed by atoms with Gasteiger partial charge in [0.1, 0.15) is 17.4 Å². The first kappa shape index (κ1) is 19.5. The van der Waals surface area contributed by atoms with Crippen LogP contribution < -0.4 is 19.5 Å². The molecule has 0 aromatic heterocycles. The molecule has 0 aliphatic carbocycles. The van der Waals surface area contributed by atoms with Crippen LogP contribution in [0.3, 0.4) is 0 Å². The van der Waals surface area contributed by atoms with Crippen LogP contribution in [0.5, 0.6) is 17.2 Å². The molecule has 0 aliphatic heterocycles. The second-order valence-electron chi connectivity index (χ2n) is 5.14. The predicted molar refractivity (Wildman–Crippen MR) is 96.3 cm³/mol. The van der Waals surface area contributed by atoms with Gasteiger partial charge in [0.05, 0.1) is 24.7 Å². The number of benzene rings is 2. The topological polar surface area (TPSA) is 124 Å². The van der Waals surface area contributed by atoms with Gasteiger partial charge in [-0.25, -0.2) is 0 Å². The number of nitrogens with one attached hydrogen (secondary N) is 1. The highest BCUT2D eigenvalue weighted by Crippen LogP contribution is 2.35. The lowest BCUT2D eigenvalue weighted by atomic mass is 10.1. The van der Waals surface area contributed by atoms with E-state index in [1.54, 1.807) is 31.2 Å². The van der Waals surface area contributed by atoms with E-state index in [1.165, 1.54) is 13.2 Å². The maximum Gasteiger partial charge on any atom is 0.286 e. The largest absolute Gasteiger partial charge is 0.493 e. The van der Waals surface area contributed by atoms with Gasteiger partial charge in [0.2, 0.25) is 0 Å². The molecule has 0 saturated heterocycles. The second kappa shape index (κ2) is 9.05. The first-order chi connectivity index (χ1) is 13.0. The van der Waals surface area contributed by atoms with Gasteiger partial charge in [-0.1, -0.05) is 0 Å². The zero-order valence-corrected chi connectivity index (χ0v) is 14.7. The van der Waals surface area contributed by atoms with Crippen molar-refractivity contribution in [3.63, 3.8) is 0 Å². The SMILES string of the molecule is CCOc1cc([N+](=O)[O-])c(C(=O)Nc2ccc(OCC#N)cc2)cc1OC. The van der Waals surface area contributed by atoms with Crippen LogP contribution in [0.15, 0.2) is 36.4 Å². The van der Waals surface area contributed by atoms with Gasteiger partial charge in [-0.05, 0) is 31.2 Å². The minimum atomic E-state index is -0.672. The van der Waals surface area contributed by atoms with Crippen molar-refractivity contribution in [2.24, 2.45) is 0 Å². The summed E-state index contributed by atoms with van der Waals surface area (Å²) in [5.41, 5.74) is -0.151. The Bertz CT molecular complexity index is 874. The van der Waals surface area contributed by atoms with Crippen LogP contribution in [-0.2, 0) is 0 Å². The molecule has 0 spiro atoms. The number of hydrogen-bond donors (Lipinski definition) is 1. The maximum absolute atomic E-state index is 12.5. The fraction of sp³-hybridized carbons (Fsp3) is 0.222. The van der Waals surface area contributed by atoms with Crippen LogP contribution in [0, 0.1) is 21.4 Å². The molecule has 0 heterocycles. The number of methoxy groups -OCH3 is 1. The van der Waals surface area contributed by atoms with Crippen molar-refractivity contribution >= 4 is 17.3 Å². The van der Waals surface area contributed by atoms with Crippen LogP contribution in [0.4, 0.5) is 11.4 Å². The number of amides is 1. The van der Waals surface area contributed by atoms with Crippen molar-refractivity contribution in [1.82, 2.24) is 0 Å². The van der Waals surface area contributed by atoms with Crippen LogP contribution in [0.25, 0.3) is 0 Å². The Balaban J connectivity index is 2.29. The summed E-state index contributed by atoms with van der Waals surface area (Å²) in [6, 6.07) is 10.5. The van der Waals surface area contributed by atoms with E-state index in [4.69, 9.17) is 19.5 Å². The number of rotatable bonds is 8. The molecule has 0 saturated carbocycles. The molecular formula is C18H17N3O6. The van der Waals surface area contributed by atoms with Gasteiger partial charge >= 0.3 is 0 Å². The highest BCUT2D eigenvalue weighted by Gasteiger charge is 2.24.